The van der Waals surface area contributed by atoms with Gasteiger partial charge in [-0.3, -0.25) is 4.79 Å². The van der Waals surface area contributed by atoms with Gasteiger partial charge in [0.15, 0.2) is 10.9 Å². The highest BCUT2D eigenvalue weighted by Crippen LogP contribution is 2.44. The minimum absolute atomic E-state index is 0.0567. The smallest absolute Gasteiger partial charge is 0.363 e. The average Bonchev–Trinajstić information content (AvgIpc) is 3.08. The lowest BCUT2D eigenvalue weighted by molar-refractivity contribution is -0.285. The molecule has 0 bridgehead atoms. The Morgan fingerprint density at radius 1 is 1.23 bits per heavy atom. The van der Waals surface area contributed by atoms with Crippen molar-refractivity contribution >= 4 is 34.5 Å². The molecule has 3 atom stereocenters. The Labute approximate surface area is 154 Å². The summed E-state index contributed by atoms with van der Waals surface area (Å²) >= 11 is 5.76. The van der Waals surface area contributed by atoms with Crippen molar-refractivity contribution in [3.8, 4) is 0 Å². The van der Waals surface area contributed by atoms with Gasteiger partial charge in [0.2, 0.25) is 5.72 Å². The number of benzene rings is 1. The van der Waals surface area contributed by atoms with Crippen molar-refractivity contribution in [2.24, 2.45) is 5.92 Å². The second kappa shape index (κ2) is 6.60. The van der Waals surface area contributed by atoms with Crippen molar-refractivity contribution in [3.05, 3.63) is 58.0 Å². The first kappa shape index (κ1) is 18.7. The molecule has 0 unspecified atom stereocenters. The Bertz CT molecular complexity index is 824. The van der Waals surface area contributed by atoms with E-state index in [1.807, 2.05) is 0 Å². The number of alkyl halides is 3. The highest BCUT2D eigenvalue weighted by Gasteiger charge is 2.65. The molecule has 0 amide bonds. The molecule has 1 aliphatic rings. The number of carbonyl (C=O) groups is 1. The largest absolute Gasteiger partial charge is 0.437 e. The van der Waals surface area contributed by atoms with Gasteiger partial charge in [-0.25, -0.2) is 4.39 Å². The molecular weight excluding hydrogens is 392 g/mol. The molecule has 1 aromatic carbocycles. The molecule has 2 heterocycles. The fourth-order valence-corrected chi connectivity index (χ4v) is 3.85. The third-order valence-corrected chi connectivity index (χ3v) is 5.19. The van der Waals surface area contributed by atoms with E-state index < -0.39 is 40.6 Å². The number of thiocarbonyl (C=S) groups is 1. The van der Waals surface area contributed by atoms with Gasteiger partial charge in [-0.15, -0.1) is 11.3 Å². The molecule has 26 heavy (non-hydrogen) atoms. The number of carbonyl (C=O) groups excluding carboxylic acids is 1. The quantitative estimate of drug-likeness (QED) is 0.417. The summed E-state index contributed by atoms with van der Waals surface area (Å²) in [6.07, 6.45) is -5.19. The number of Topliss-reactive ketones (excluding diaryl/α,β-unsaturated/α-hetero) is 1. The number of nitrogens with one attached hydrogen (secondary N) is 2. The van der Waals surface area contributed by atoms with Gasteiger partial charge in [-0.05, 0) is 41.4 Å². The first-order valence-corrected chi connectivity index (χ1v) is 8.63. The summed E-state index contributed by atoms with van der Waals surface area (Å²) in [6, 6.07) is 6.19. The van der Waals surface area contributed by atoms with Crippen LogP contribution in [0.1, 0.15) is 21.3 Å². The van der Waals surface area contributed by atoms with Crippen LogP contribution in [0.2, 0.25) is 0 Å². The second-order valence-corrected chi connectivity index (χ2v) is 7.07. The third kappa shape index (κ3) is 3.19. The van der Waals surface area contributed by atoms with Crippen LogP contribution in [-0.4, -0.2) is 27.9 Å². The van der Waals surface area contributed by atoms with E-state index in [4.69, 9.17) is 12.2 Å². The van der Waals surface area contributed by atoms with Crippen molar-refractivity contribution in [1.29, 1.82) is 0 Å². The van der Waals surface area contributed by atoms with E-state index in [2.05, 4.69) is 5.32 Å². The van der Waals surface area contributed by atoms with Crippen LogP contribution in [0, 0.1) is 11.7 Å². The van der Waals surface area contributed by atoms with Gasteiger partial charge in [-0.1, -0.05) is 18.2 Å². The predicted octanol–water partition coefficient (Wildman–Crippen LogP) is 3.16. The molecule has 1 fully saturated rings. The molecule has 2 aromatic rings. The minimum atomic E-state index is -5.19. The lowest BCUT2D eigenvalue weighted by Gasteiger charge is -2.46. The van der Waals surface area contributed by atoms with Gasteiger partial charge in [0.25, 0.3) is 0 Å². The number of ketones is 1. The summed E-state index contributed by atoms with van der Waals surface area (Å²) < 4.78 is 54.3. The molecule has 138 valence electrons. The zero-order valence-electron chi connectivity index (χ0n) is 12.9. The summed E-state index contributed by atoms with van der Waals surface area (Å²) in [6.45, 7) is 0. The van der Waals surface area contributed by atoms with Gasteiger partial charge in [-0.2, -0.15) is 13.2 Å². The van der Waals surface area contributed by atoms with Crippen molar-refractivity contribution in [3.63, 3.8) is 0 Å². The van der Waals surface area contributed by atoms with E-state index >= 15 is 0 Å². The van der Waals surface area contributed by atoms with Crippen LogP contribution in [0.4, 0.5) is 17.6 Å². The van der Waals surface area contributed by atoms with Crippen molar-refractivity contribution < 1.29 is 27.5 Å². The van der Waals surface area contributed by atoms with Crippen LogP contribution in [0.5, 0.6) is 0 Å². The predicted molar refractivity (Wildman–Crippen MR) is 91.2 cm³/mol. The lowest BCUT2D eigenvalue weighted by Crippen LogP contribution is -2.72. The third-order valence-electron chi connectivity index (χ3n) is 4.08. The SMILES string of the molecule is O=C(c1cccs1)[C@@H]1[C@H](c2ccc(F)cc2)NC(=S)N[C@@]1(O)C(F)(F)F. The molecule has 1 aliphatic heterocycles. The Morgan fingerprint density at radius 2 is 1.88 bits per heavy atom. The summed E-state index contributed by atoms with van der Waals surface area (Å²) in [5, 5.41) is 15.9. The Morgan fingerprint density at radius 3 is 2.42 bits per heavy atom. The van der Waals surface area contributed by atoms with Crippen LogP contribution in [0.25, 0.3) is 0 Å². The Kier molecular flexibility index (Phi) is 4.76. The van der Waals surface area contributed by atoms with Crippen molar-refractivity contribution in [2.75, 3.05) is 0 Å². The first-order valence-electron chi connectivity index (χ1n) is 7.34. The number of thiophene rings is 1. The van der Waals surface area contributed by atoms with Gasteiger partial charge in [0.05, 0.1) is 10.9 Å². The minimum Gasteiger partial charge on any atom is -0.363 e. The highest BCUT2D eigenvalue weighted by molar-refractivity contribution is 7.80. The van der Waals surface area contributed by atoms with E-state index in [-0.39, 0.29) is 10.4 Å². The topological polar surface area (TPSA) is 61.4 Å². The molecule has 4 nitrogen and oxygen atoms in total. The summed E-state index contributed by atoms with van der Waals surface area (Å²) in [5.41, 5.74) is -3.39. The highest BCUT2D eigenvalue weighted by atomic mass is 32.1. The van der Waals surface area contributed by atoms with Gasteiger partial charge in [0.1, 0.15) is 11.7 Å². The van der Waals surface area contributed by atoms with Crippen LogP contribution < -0.4 is 10.6 Å². The first-order chi connectivity index (χ1) is 12.1. The van der Waals surface area contributed by atoms with Crippen molar-refractivity contribution in [1.82, 2.24) is 10.6 Å². The summed E-state index contributed by atoms with van der Waals surface area (Å²) in [5.74, 6) is -3.47. The molecule has 3 N–H and O–H groups in total. The standard InChI is InChI=1S/C16H12F4N2O2S2/c17-9-5-3-8(4-6-9)12-11(13(23)10-2-1-7-26-10)15(24,16(18,19)20)22-14(25)21-12/h1-7,11-12,24H,(H2,21,22,25)/t11-,12-,15-/m0/s1. The zero-order valence-corrected chi connectivity index (χ0v) is 14.5. The molecule has 1 saturated heterocycles. The van der Waals surface area contributed by atoms with Crippen LogP contribution in [-0.2, 0) is 0 Å². The maximum atomic E-state index is 13.7. The molecule has 0 aliphatic carbocycles. The number of rotatable bonds is 3. The maximum absolute atomic E-state index is 13.7. The lowest BCUT2D eigenvalue weighted by atomic mass is 9.79. The Balaban J connectivity index is 2.14. The summed E-state index contributed by atoms with van der Waals surface area (Å²) in [4.78, 5) is 12.9. The van der Waals surface area contributed by atoms with Crippen LogP contribution >= 0.6 is 23.6 Å². The normalized spacial score (nSPS) is 26.1. The van der Waals surface area contributed by atoms with E-state index in [0.29, 0.717) is 0 Å². The van der Waals surface area contributed by atoms with E-state index in [0.717, 1.165) is 23.5 Å². The van der Waals surface area contributed by atoms with E-state index in [9.17, 15) is 27.5 Å². The molecule has 10 heteroatoms. The molecule has 1 aromatic heterocycles. The number of hydrogen-bond donors (Lipinski definition) is 3. The number of hydrogen-bond acceptors (Lipinski definition) is 4. The van der Waals surface area contributed by atoms with E-state index in [1.165, 1.54) is 24.3 Å². The second-order valence-electron chi connectivity index (χ2n) is 5.71. The monoisotopic (exact) mass is 404 g/mol. The van der Waals surface area contributed by atoms with Gasteiger partial charge >= 0.3 is 6.18 Å². The summed E-state index contributed by atoms with van der Waals surface area (Å²) in [7, 11) is 0. The molecular formula is C16H12F4N2O2S2. The van der Waals surface area contributed by atoms with E-state index in [1.54, 1.807) is 10.7 Å². The van der Waals surface area contributed by atoms with Crippen LogP contribution in [0.15, 0.2) is 41.8 Å². The number of halogens is 4. The van der Waals surface area contributed by atoms with Crippen LogP contribution in [0.3, 0.4) is 0 Å². The average molecular weight is 404 g/mol. The fraction of sp³-hybridized carbons (Fsp3) is 0.250. The zero-order chi connectivity index (χ0) is 19.1. The van der Waals surface area contributed by atoms with Gasteiger partial charge < -0.3 is 15.7 Å². The molecule has 0 spiro atoms. The maximum Gasteiger partial charge on any atom is 0.437 e. The van der Waals surface area contributed by atoms with Gasteiger partial charge in [0, 0.05) is 0 Å². The molecule has 3 rings (SSSR count). The Hall–Kier alpha value is -2.04. The molecule has 0 saturated carbocycles. The number of aliphatic hydroxyl groups is 1. The van der Waals surface area contributed by atoms with Crippen molar-refractivity contribution in [2.45, 2.75) is 17.9 Å². The fourth-order valence-electron chi connectivity index (χ4n) is 2.86. The molecule has 0 radical (unpaired) electrons.